The topological polar surface area (TPSA) is 58.2 Å². The van der Waals surface area contributed by atoms with Gasteiger partial charge in [-0.05, 0) is 20.8 Å². The summed E-state index contributed by atoms with van der Waals surface area (Å²) in [5.41, 5.74) is 0. The molecule has 0 fully saturated rings. The summed E-state index contributed by atoms with van der Waals surface area (Å²) in [6, 6.07) is -0.508. The van der Waals surface area contributed by atoms with Crippen LogP contribution in [0.5, 0.6) is 0 Å². The molecule has 5 heteroatoms. The quantitative estimate of drug-likeness (QED) is 0.638. The molecule has 70 valence electrons. The summed E-state index contributed by atoms with van der Waals surface area (Å²) >= 11 is 5.42. The van der Waals surface area contributed by atoms with Gasteiger partial charge in [0.15, 0.2) is 0 Å². The van der Waals surface area contributed by atoms with Crippen molar-refractivity contribution in [1.82, 2.24) is 10.6 Å². The normalized spacial score (nSPS) is 12.4. The Bertz CT molecular complexity index is 180. The third-order valence-electron chi connectivity index (χ3n) is 1.02. The highest BCUT2D eigenvalue weighted by Gasteiger charge is 2.12. The number of amides is 3. The van der Waals surface area contributed by atoms with Gasteiger partial charge in [-0.3, -0.25) is 10.1 Å². The maximum atomic E-state index is 10.9. The fraction of sp³-hybridized carbons (Fsp3) is 0.714. The molecule has 0 aliphatic rings. The first kappa shape index (κ1) is 11.2. The number of hydrogen-bond acceptors (Lipinski definition) is 2. The fourth-order valence-electron chi connectivity index (χ4n) is 0.510. The molecule has 0 aliphatic carbocycles. The predicted molar refractivity (Wildman–Crippen MR) is 47.1 cm³/mol. The monoisotopic (exact) mass is 192 g/mol. The van der Waals surface area contributed by atoms with E-state index in [4.69, 9.17) is 11.6 Å². The molecule has 0 radical (unpaired) electrons. The highest BCUT2D eigenvalue weighted by molar-refractivity contribution is 6.31. The predicted octanol–water partition coefficient (Wildman–Crippen LogP) is 0.848. The van der Waals surface area contributed by atoms with Crippen molar-refractivity contribution < 1.29 is 9.59 Å². The van der Waals surface area contributed by atoms with Crippen LogP contribution in [-0.4, -0.2) is 23.4 Å². The summed E-state index contributed by atoms with van der Waals surface area (Å²) < 4.78 is 0. The zero-order chi connectivity index (χ0) is 9.72. The number of alkyl halides is 1. The molecule has 2 N–H and O–H groups in total. The van der Waals surface area contributed by atoms with Gasteiger partial charge in [-0.1, -0.05) is 0 Å². The lowest BCUT2D eigenvalue weighted by Crippen LogP contribution is -2.44. The molecule has 0 aromatic rings. The minimum absolute atomic E-state index is 0.00318. The van der Waals surface area contributed by atoms with Crippen LogP contribution in [0.3, 0.4) is 0 Å². The largest absolute Gasteiger partial charge is 0.336 e. The molecule has 0 saturated carbocycles. The number of nitrogens with one attached hydrogen (secondary N) is 2. The molecular formula is C7H13ClN2O2. The smallest absolute Gasteiger partial charge is 0.321 e. The Morgan fingerprint density at radius 1 is 1.25 bits per heavy atom. The molecule has 0 rings (SSSR count). The molecule has 0 aliphatic heterocycles. The number of carbonyl (C=O) groups excluding carboxylic acids is 2. The number of rotatable bonds is 2. The third kappa shape index (κ3) is 4.96. The van der Waals surface area contributed by atoms with E-state index in [1.165, 1.54) is 6.92 Å². The summed E-state index contributed by atoms with van der Waals surface area (Å²) in [4.78, 5) is 21.7. The average molecular weight is 193 g/mol. The average Bonchev–Trinajstić information content (AvgIpc) is 1.84. The second-order valence-corrected chi connectivity index (χ2v) is 3.39. The van der Waals surface area contributed by atoms with E-state index in [1.807, 2.05) is 0 Å². The van der Waals surface area contributed by atoms with Gasteiger partial charge in [0.1, 0.15) is 5.38 Å². The first-order chi connectivity index (χ1) is 5.43. The zero-order valence-electron chi connectivity index (χ0n) is 7.35. The van der Waals surface area contributed by atoms with Crippen LogP contribution in [0.4, 0.5) is 4.79 Å². The highest BCUT2D eigenvalue weighted by atomic mass is 35.5. The van der Waals surface area contributed by atoms with Crippen molar-refractivity contribution in [2.45, 2.75) is 32.2 Å². The van der Waals surface area contributed by atoms with Gasteiger partial charge in [0.25, 0.3) is 0 Å². The number of imide groups is 1. The van der Waals surface area contributed by atoms with Gasteiger partial charge in [-0.15, -0.1) is 11.6 Å². The van der Waals surface area contributed by atoms with Gasteiger partial charge >= 0.3 is 6.03 Å². The summed E-state index contributed by atoms with van der Waals surface area (Å²) in [5.74, 6) is -0.491. The van der Waals surface area contributed by atoms with Crippen molar-refractivity contribution >= 4 is 23.5 Å². The van der Waals surface area contributed by atoms with E-state index in [-0.39, 0.29) is 6.04 Å². The number of urea groups is 1. The van der Waals surface area contributed by atoms with Crippen molar-refractivity contribution in [2.75, 3.05) is 0 Å². The van der Waals surface area contributed by atoms with Gasteiger partial charge in [0.05, 0.1) is 0 Å². The maximum Gasteiger partial charge on any atom is 0.321 e. The molecule has 0 unspecified atom stereocenters. The maximum absolute atomic E-state index is 10.9. The molecule has 1 atom stereocenters. The van der Waals surface area contributed by atoms with Crippen molar-refractivity contribution in [3.8, 4) is 0 Å². The minimum atomic E-state index is -0.692. The van der Waals surface area contributed by atoms with E-state index < -0.39 is 17.3 Å². The first-order valence-electron chi connectivity index (χ1n) is 3.69. The summed E-state index contributed by atoms with van der Waals surface area (Å²) in [6.45, 7) is 5.10. The molecule has 0 bridgehead atoms. The zero-order valence-corrected chi connectivity index (χ0v) is 8.11. The number of hydrogen-bond donors (Lipinski definition) is 2. The summed E-state index contributed by atoms with van der Waals surface area (Å²) in [7, 11) is 0. The van der Waals surface area contributed by atoms with Crippen LogP contribution in [0.15, 0.2) is 0 Å². The van der Waals surface area contributed by atoms with Gasteiger partial charge in [0, 0.05) is 6.04 Å². The van der Waals surface area contributed by atoms with Gasteiger partial charge < -0.3 is 5.32 Å². The Hall–Kier alpha value is -0.770. The molecule has 0 heterocycles. The lowest BCUT2D eigenvalue weighted by atomic mass is 10.4. The summed E-state index contributed by atoms with van der Waals surface area (Å²) in [5, 5.41) is 3.90. The van der Waals surface area contributed by atoms with Gasteiger partial charge in [-0.2, -0.15) is 0 Å². The van der Waals surface area contributed by atoms with Crippen LogP contribution in [-0.2, 0) is 4.79 Å². The number of halogens is 1. The van der Waals surface area contributed by atoms with Crippen LogP contribution in [0.25, 0.3) is 0 Å². The van der Waals surface area contributed by atoms with E-state index in [0.717, 1.165) is 0 Å². The SMILES string of the molecule is CC(C)NC(=O)NC(=O)[C@H](C)Cl. The van der Waals surface area contributed by atoms with E-state index in [0.29, 0.717) is 0 Å². The van der Waals surface area contributed by atoms with Crippen LogP contribution < -0.4 is 10.6 Å². The Balaban J connectivity index is 3.77. The minimum Gasteiger partial charge on any atom is -0.336 e. The molecule has 12 heavy (non-hydrogen) atoms. The standard InChI is InChI=1S/C7H13ClN2O2/c1-4(2)9-7(12)10-6(11)5(3)8/h4-5H,1-3H3,(H2,9,10,11,12)/t5-/m0/s1. The molecule has 0 aromatic carbocycles. The van der Waals surface area contributed by atoms with E-state index >= 15 is 0 Å². The molecule has 3 amide bonds. The fourth-order valence-corrected chi connectivity index (χ4v) is 0.564. The summed E-state index contributed by atoms with van der Waals surface area (Å²) in [6.07, 6.45) is 0. The van der Waals surface area contributed by atoms with E-state index in [9.17, 15) is 9.59 Å². The molecular weight excluding hydrogens is 180 g/mol. The van der Waals surface area contributed by atoms with Crippen LogP contribution in [0.1, 0.15) is 20.8 Å². The van der Waals surface area contributed by atoms with E-state index in [2.05, 4.69) is 10.6 Å². The lowest BCUT2D eigenvalue weighted by Gasteiger charge is -2.09. The first-order valence-corrected chi connectivity index (χ1v) is 4.12. The van der Waals surface area contributed by atoms with Crippen LogP contribution >= 0.6 is 11.6 Å². The lowest BCUT2D eigenvalue weighted by molar-refractivity contribution is -0.119. The second-order valence-electron chi connectivity index (χ2n) is 2.73. The molecule has 0 saturated heterocycles. The van der Waals surface area contributed by atoms with E-state index in [1.54, 1.807) is 13.8 Å². The third-order valence-corrected chi connectivity index (χ3v) is 1.22. The van der Waals surface area contributed by atoms with Crippen molar-refractivity contribution in [1.29, 1.82) is 0 Å². The Morgan fingerprint density at radius 3 is 2.08 bits per heavy atom. The Labute approximate surface area is 76.7 Å². The Kier molecular flexibility index (Phi) is 4.66. The van der Waals surface area contributed by atoms with Crippen molar-refractivity contribution in [2.24, 2.45) is 0 Å². The van der Waals surface area contributed by atoms with Crippen molar-refractivity contribution in [3.63, 3.8) is 0 Å². The van der Waals surface area contributed by atoms with Crippen molar-refractivity contribution in [3.05, 3.63) is 0 Å². The Morgan fingerprint density at radius 2 is 1.75 bits per heavy atom. The van der Waals surface area contributed by atoms with Crippen LogP contribution in [0.2, 0.25) is 0 Å². The van der Waals surface area contributed by atoms with Gasteiger partial charge in [0.2, 0.25) is 5.91 Å². The number of carbonyl (C=O) groups is 2. The highest BCUT2D eigenvalue weighted by Crippen LogP contribution is 1.91. The van der Waals surface area contributed by atoms with Gasteiger partial charge in [-0.25, -0.2) is 4.79 Å². The second kappa shape index (κ2) is 4.98. The molecule has 4 nitrogen and oxygen atoms in total. The van der Waals surface area contributed by atoms with Crippen LogP contribution in [0, 0.1) is 0 Å². The molecule has 0 spiro atoms. The molecule has 0 aromatic heterocycles.